The molecule has 35 heavy (non-hydrogen) atoms. The van der Waals surface area contributed by atoms with E-state index >= 15 is 0 Å². The van der Waals surface area contributed by atoms with Crippen LogP contribution in [0.3, 0.4) is 0 Å². The zero-order valence-corrected chi connectivity index (χ0v) is 25.2. The molecular weight excluding hydrogens is 501 g/mol. The Morgan fingerprint density at radius 2 is 1.37 bits per heavy atom. The number of carbonyl (C=O) groups excluding carboxylic acids is 1. The normalized spacial score (nSPS) is 30.4. The summed E-state index contributed by atoms with van der Waals surface area (Å²) in [4.78, 5) is 14.0. The summed E-state index contributed by atoms with van der Waals surface area (Å²) in [5, 5.41) is 11.6. The maximum absolute atomic E-state index is 13.0. The van der Waals surface area contributed by atoms with E-state index in [0.717, 1.165) is 4.90 Å². The smallest absolute Gasteiger partial charge is 0.337 e. The molecule has 0 saturated carbocycles. The summed E-state index contributed by atoms with van der Waals surface area (Å²) < 4.78 is 32.5. The van der Waals surface area contributed by atoms with E-state index in [0.29, 0.717) is 0 Å². The average Bonchev–Trinajstić information content (AvgIpc) is 2.98. The molecule has 0 amide bonds. The lowest BCUT2D eigenvalue weighted by atomic mass is 10.00. The fourth-order valence-electron chi connectivity index (χ4n) is 5.20. The Morgan fingerprint density at radius 3 is 1.83 bits per heavy atom. The van der Waals surface area contributed by atoms with Gasteiger partial charge in [0.05, 0.1) is 7.11 Å². The van der Waals surface area contributed by atoms with Crippen molar-refractivity contribution in [3.8, 4) is 0 Å². The zero-order chi connectivity index (χ0) is 26.1. The van der Waals surface area contributed by atoms with E-state index in [-0.39, 0.29) is 22.2 Å². The molecule has 2 aliphatic heterocycles. The quantitative estimate of drug-likeness (QED) is 0.364. The molecule has 1 N–H and O–H groups in total. The van der Waals surface area contributed by atoms with Crippen molar-refractivity contribution in [2.45, 2.75) is 112 Å². The molecule has 0 aliphatic carbocycles. The number of benzene rings is 1. The van der Waals surface area contributed by atoms with Gasteiger partial charge in [0.1, 0.15) is 23.7 Å². The van der Waals surface area contributed by atoms with E-state index in [4.69, 9.17) is 22.4 Å². The van der Waals surface area contributed by atoms with Crippen LogP contribution < -0.4 is 0 Å². The molecule has 0 spiro atoms. The number of hydrogen-bond acceptors (Lipinski definition) is 8. The first-order valence-electron chi connectivity index (χ1n) is 12.6. The van der Waals surface area contributed by atoms with Crippen molar-refractivity contribution in [1.29, 1.82) is 0 Å². The van der Waals surface area contributed by atoms with Gasteiger partial charge in [0, 0.05) is 4.90 Å². The van der Waals surface area contributed by atoms with Gasteiger partial charge in [0.15, 0.2) is 6.10 Å². The Balaban J connectivity index is 2.15. The monoisotopic (exact) mass is 542 g/mol. The topological polar surface area (TPSA) is 83.5 Å². The van der Waals surface area contributed by atoms with Gasteiger partial charge < -0.3 is 27.5 Å². The molecule has 0 aromatic heterocycles. The summed E-state index contributed by atoms with van der Waals surface area (Å²) in [5.74, 6) is -0.534. The second-order valence-corrected chi connectivity index (χ2v) is 20.7. The predicted octanol–water partition coefficient (Wildman–Crippen LogP) is 5.36. The molecule has 1 aromatic carbocycles. The highest BCUT2D eigenvalue weighted by Gasteiger charge is 2.65. The van der Waals surface area contributed by atoms with E-state index in [2.05, 4.69) is 55.4 Å². The molecule has 2 fully saturated rings. The van der Waals surface area contributed by atoms with Gasteiger partial charge in [-0.1, -0.05) is 85.4 Å². The number of esters is 1. The van der Waals surface area contributed by atoms with E-state index in [1.54, 1.807) is 0 Å². The molecule has 2 heterocycles. The standard InChI is InChI=1S/C25H42O7SSi2/c1-15(2)34(16(3)4)30-21-20(26)25(33-19-13-11-10-12-14-19)29-23(24(27)28-9)22(21)31-35(32-34,17(5)6)18(7)8/h10-18,20-23,25-26H,1-9H3/t20-,21-,22+,23+,25+/m1/s1. The number of rotatable bonds is 7. The van der Waals surface area contributed by atoms with Gasteiger partial charge in [-0.05, 0) is 34.3 Å². The third-order valence-electron chi connectivity index (χ3n) is 7.13. The predicted molar refractivity (Wildman–Crippen MR) is 142 cm³/mol. The average molecular weight is 543 g/mol. The molecule has 7 nitrogen and oxygen atoms in total. The highest BCUT2D eigenvalue weighted by molar-refractivity contribution is 7.99. The fourth-order valence-corrected chi connectivity index (χ4v) is 17.5. The minimum Gasteiger partial charge on any atom is -0.467 e. The van der Waals surface area contributed by atoms with Crippen LogP contribution in [0.15, 0.2) is 35.2 Å². The molecule has 10 heteroatoms. The van der Waals surface area contributed by atoms with Crippen LogP contribution >= 0.6 is 11.8 Å². The van der Waals surface area contributed by atoms with Crippen molar-refractivity contribution < 1.29 is 32.3 Å². The number of fused-ring (bicyclic) bond motifs is 1. The summed E-state index contributed by atoms with van der Waals surface area (Å²) >= 11 is 1.37. The molecule has 5 atom stereocenters. The number of methoxy groups -OCH3 is 1. The summed E-state index contributed by atoms with van der Waals surface area (Å²) in [6.45, 7) is 17.0. The van der Waals surface area contributed by atoms with Crippen molar-refractivity contribution >= 4 is 34.9 Å². The van der Waals surface area contributed by atoms with Crippen LogP contribution in [0, 0.1) is 0 Å². The first kappa shape index (κ1) is 28.8. The Kier molecular flexibility index (Phi) is 9.35. The first-order valence-corrected chi connectivity index (χ1v) is 17.4. The van der Waals surface area contributed by atoms with Crippen LogP contribution in [0.5, 0.6) is 0 Å². The number of carbonyl (C=O) groups is 1. The molecule has 0 unspecified atom stereocenters. The van der Waals surface area contributed by atoms with E-state index in [9.17, 15) is 9.90 Å². The molecule has 3 rings (SSSR count). The molecule has 0 bridgehead atoms. The number of aliphatic hydroxyl groups is 1. The number of ether oxygens (including phenoxy) is 2. The van der Waals surface area contributed by atoms with Gasteiger partial charge in [-0.3, -0.25) is 0 Å². The molecule has 2 aliphatic rings. The third-order valence-corrected chi connectivity index (χ3v) is 18.6. The fraction of sp³-hybridized carbons (Fsp3) is 0.720. The highest BCUT2D eigenvalue weighted by Crippen LogP contribution is 2.50. The largest absolute Gasteiger partial charge is 0.467 e. The van der Waals surface area contributed by atoms with Crippen molar-refractivity contribution in [1.82, 2.24) is 0 Å². The lowest BCUT2D eigenvalue weighted by Gasteiger charge is -2.45. The van der Waals surface area contributed by atoms with Crippen molar-refractivity contribution in [3.63, 3.8) is 0 Å². The van der Waals surface area contributed by atoms with Crippen molar-refractivity contribution in [2.75, 3.05) is 7.11 Å². The molecule has 198 valence electrons. The SMILES string of the molecule is COC(=O)[C@H]1O[C@@H](Sc2ccccc2)[C@H](O)[C@H]2O[Si](C(C)C)(C(C)C)O[Si](C(C)C)(C(C)C)O[C@@H]21. The van der Waals surface area contributed by atoms with E-state index in [1.807, 2.05) is 30.3 Å². The van der Waals surface area contributed by atoms with Gasteiger partial charge in [-0.15, -0.1) is 0 Å². The number of hydrogen-bond donors (Lipinski definition) is 1. The summed E-state index contributed by atoms with van der Waals surface area (Å²) in [5.41, 5.74) is -0.311. The van der Waals surface area contributed by atoms with Crippen molar-refractivity contribution in [2.24, 2.45) is 0 Å². The molecule has 2 saturated heterocycles. The van der Waals surface area contributed by atoms with Crippen LogP contribution in [-0.4, -0.2) is 65.2 Å². The Bertz CT molecular complexity index is 835. The Hall–Kier alpha value is -0.726. The molecule has 1 aromatic rings. The van der Waals surface area contributed by atoms with Gasteiger partial charge in [-0.25, -0.2) is 4.79 Å². The minimum absolute atomic E-state index is 0.0982. The molecule has 0 radical (unpaired) electrons. The summed E-state index contributed by atoms with van der Waals surface area (Å²) in [7, 11) is -4.54. The first-order chi connectivity index (χ1) is 16.4. The van der Waals surface area contributed by atoms with Gasteiger partial charge in [0.2, 0.25) is 0 Å². The lowest BCUT2D eigenvalue weighted by molar-refractivity contribution is -0.203. The maximum Gasteiger partial charge on any atom is 0.337 e. The van der Waals surface area contributed by atoms with Crippen LogP contribution in [-0.2, 0) is 27.2 Å². The van der Waals surface area contributed by atoms with Crippen LogP contribution in [0.1, 0.15) is 55.4 Å². The zero-order valence-electron chi connectivity index (χ0n) is 22.4. The Labute approximate surface area is 216 Å². The Morgan fingerprint density at radius 1 is 0.886 bits per heavy atom. The van der Waals surface area contributed by atoms with Crippen LogP contribution in [0.25, 0.3) is 0 Å². The van der Waals surface area contributed by atoms with Crippen LogP contribution in [0.4, 0.5) is 0 Å². The van der Waals surface area contributed by atoms with E-state index < -0.39 is 52.9 Å². The van der Waals surface area contributed by atoms with Gasteiger partial charge in [-0.2, -0.15) is 0 Å². The summed E-state index contributed by atoms with van der Waals surface area (Å²) in [6, 6.07) is 9.69. The number of thioether (sulfide) groups is 1. The maximum atomic E-state index is 13.0. The molecular formula is C25H42O7SSi2. The minimum atomic E-state index is -2.95. The van der Waals surface area contributed by atoms with Gasteiger partial charge in [0.25, 0.3) is 0 Å². The van der Waals surface area contributed by atoms with Gasteiger partial charge >= 0.3 is 23.1 Å². The lowest BCUT2D eigenvalue weighted by Crippen LogP contribution is -2.63. The van der Waals surface area contributed by atoms with Crippen molar-refractivity contribution in [3.05, 3.63) is 30.3 Å². The second-order valence-electron chi connectivity index (χ2n) is 10.7. The highest BCUT2D eigenvalue weighted by atomic mass is 32.2. The van der Waals surface area contributed by atoms with Crippen LogP contribution in [0.2, 0.25) is 22.2 Å². The third kappa shape index (κ3) is 5.45. The number of aliphatic hydroxyl groups excluding tert-OH is 1. The van der Waals surface area contributed by atoms with E-state index in [1.165, 1.54) is 18.9 Å². The second kappa shape index (κ2) is 11.3. The summed E-state index contributed by atoms with van der Waals surface area (Å²) in [6.07, 6.45) is -3.67.